The molecule has 0 bridgehead atoms. The molecule has 1 aromatic heterocycles. The van der Waals surface area contributed by atoms with E-state index in [0.29, 0.717) is 11.5 Å². The van der Waals surface area contributed by atoms with Crippen molar-refractivity contribution >= 4 is 17.4 Å². The number of anilines is 2. The molecule has 1 amide bonds. The van der Waals surface area contributed by atoms with Gasteiger partial charge in [0.2, 0.25) is 0 Å². The van der Waals surface area contributed by atoms with Gasteiger partial charge in [0, 0.05) is 44.0 Å². The Morgan fingerprint density at radius 3 is 2.72 bits per heavy atom. The summed E-state index contributed by atoms with van der Waals surface area (Å²) in [6.07, 6.45) is 1.41. The Kier molecular flexibility index (Phi) is 5.45. The molecule has 3 rings (SSSR count). The zero-order valence-corrected chi connectivity index (χ0v) is 14.6. The van der Waals surface area contributed by atoms with Crippen LogP contribution in [-0.2, 0) is 0 Å². The number of hydrogen-bond acceptors (Lipinski definition) is 6. The van der Waals surface area contributed by atoms with Crippen molar-refractivity contribution in [2.75, 3.05) is 45.2 Å². The third kappa shape index (κ3) is 4.24. The number of benzene rings is 1. The number of nitrogens with one attached hydrogen (secondary N) is 1. The van der Waals surface area contributed by atoms with Gasteiger partial charge < -0.3 is 19.9 Å². The average Bonchev–Trinajstić information content (AvgIpc) is 2.68. The van der Waals surface area contributed by atoms with Crippen molar-refractivity contribution in [2.45, 2.75) is 6.92 Å². The second kappa shape index (κ2) is 7.94. The van der Waals surface area contributed by atoms with Crippen LogP contribution in [0.5, 0.6) is 5.75 Å². The van der Waals surface area contributed by atoms with E-state index in [0.717, 1.165) is 44.2 Å². The molecule has 0 atom stereocenters. The zero-order valence-electron chi connectivity index (χ0n) is 14.6. The van der Waals surface area contributed by atoms with Gasteiger partial charge in [0.15, 0.2) is 0 Å². The van der Waals surface area contributed by atoms with Crippen molar-refractivity contribution in [1.82, 2.24) is 19.8 Å². The van der Waals surface area contributed by atoms with Gasteiger partial charge in [-0.05, 0) is 18.7 Å². The average molecular weight is 341 g/mol. The molecule has 0 radical (unpaired) electrons. The van der Waals surface area contributed by atoms with Crippen molar-refractivity contribution in [3.05, 3.63) is 42.4 Å². The van der Waals surface area contributed by atoms with Gasteiger partial charge >= 0.3 is 0 Å². The van der Waals surface area contributed by atoms with E-state index < -0.39 is 0 Å². The van der Waals surface area contributed by atoms with Crippen LogP contribution in [0.4, 0.5) is 11.5 Å². The zero-order chi connectivity index (χ0) is 17.6. The van der Waals surface area contributed by atoms with Gasteiger partial charge in [0.05, 0.1) is 7.11 Å². The smallest absolute Gasteiger partial charge is 0.272 e. The molecule has 0 saturated carbocycles. The maximum atomic E-state index is 12.7. The van der Waals surface area contributed by atoms with Crippen molar-refractivity contribution in [3.8, 4) is 5.75 Å². The summed E-state index contributed by atoms with van der Waals surface area (Å²) in [5.41, 5.74) is 1.25. The number of carbonyl (C=O) groups excluding carboxylic acids is 1. The minimum Gasteiger partial charge on any atom is -0.497 e. The number of nitrogens with zero attached hydrogens (tertiary/aromatic N) is 4. The van der Waals surface area contributed by atoms with Crippen LogP contribution in [0.2, 0.25) is 0 Å². The van der Waals surface area contributed by atoms with E-state index in [1.54, 1.807) is 13.2 Å². The number of ether oxygens (including phenoxy) is 1. The van der Waals surface area contributed by atoms with Crippen LogP contribution < -0.4 is 10.1 Å². The maximum absolute atomic E-state index is 12.7. The number of methoxy groups -OCH3 is 1. The molecule has 0 spiro atoms. The molecule has 1 fully saturated rings. The Balaban J connectivity index is 1.69. The molecule has 1 N–H and O–H groups in total. The minimum atomic E-state index is -0.0492. The van der Waals surface area contributed by atoms with Crippen molar-refractivity contribution in [1.29, 1.82) is 0 Å². The third-order valence-corrected chi connectivity index (χ3v) is 4.34. The van der Waals surface area contributed by atoms with Crippen molar-refractivity contribution < 1.29 is 9.53 Å². The second-order valence-corrected chi connectivity index (χ2v) is 5.87. The number of piperazine rings is 1. The Bertz CT molecular complexity index is 729. The number of carbonyl (C=O) groups is 1. The van der Waals surface area contributed by atoms with Crippen LogP contribution in [0.25, 0.3) is 0 Å². The van der Waals surface area contributed by atoms with Crippen molar-refractivity contribution in [3.63, 3.8) is 0 Å². The van der Waals surface area contributed by atoms with Gasteiger partial charge in [0.1, 0.15) is 23.6 Å². The first-order chi connectivity index (χ1) is 12.2. The Labute approximate surface area is 147 Å². The topological polar surface area (TPSA) is 70.6 Å². The first-order valence-corrected chi connectivity index (χ1v) is 8.44. The van der Waals surface area contributed by atoms with Crippen LogP contribution in [0.3, 0.4) is 0 Å². The lowest BCUT2D eigenvalue weighted by Crippen LogP contribution is -2.48. The standard InChI is InChI=1S/C18H23N5O2/c1-3-22-7-9-23(10-8-22)18(24)16-12-17(20-13-19-16)21-14-5-4-6-15(11-14)25-2/h4-6,11-13H,3,7-10H2,1-2H3,(H,19,20,21). The minimum absolute atomic E-state index is 0.0492. The van der Waals surface area contributed by atoms with E-state index in [-0.39, 0.29) is 5.91 Å². The Hall–Kier alpha value is -2.67. The number of hydrogen-bond donors (Lipinski definition) is 1. The monoisotopic (exact) mass is 341 g/mol. The molecule has 1 saturated heterocycles. The molecule has 2 aromatic rings. The van der Waals surface area contributed by atoms with Crippen LogP contribution in [-0.4, -0.2) is 65.5 Å². The van der Waals surface area contributed by atoms with Gasteiger partial charge in [-0.3, -0.25) is 4.79 Å². The van der Waals surface area contributed by atoms with Gasteiger partial charge in [-0.1, -0.05) is 13.0 Å². The first-order valence-electron chi connectivity index (χ1n) is 8.44. The highest BCUT2D eigenvalue weighted by Gasteiger charge is 2.22. The SMILES string of the molecule is CCN1CCN(C(=O)c2cc(Nc3cccc(OC)c3)ncn2)CC1. The fraction of sp³-hybridized carbons (Fsp3) is 0.389. The van der Waals surface area contributed by atoms with Gasteiger partial charge in [-0.15, -0.1) is 0 Å². The van der Waals surface area contributed by atoms with Crippen LogP contribution in [0.15, 0.2) is 36.7 Å². The summed E-state index contributed by atoms with van der Waals surface area (Å²) < 4.78 is 5.21. The molecule has 2 heterocycles. The summed E-state index contributed by atoms with van der Waals surface area (Å²) in [6.45, 7) is 6.43. The van der Waals surface area contributed by atoms with E-state index in [2.05, 4.69) is 27.1 Å². The molecule has 132 valence electrons. The van der Waals surface area contributed by atoms with E-state index in [4.69, 9.17) is 4.74 Å². The van der Waals surface area contributed by atoms with E-state index in [1.165, 1.54) is 6.33 Å². The van der Waals surface area contributed by atoms with E-state index >= 15 is 0 Å². The normalized spacial score (nSPS) is 15.0. The summed E-state index contributed by atoms with van der Waals surface area (Å²) in [7, 11) is 1.62. The van der Waals surface area contributed by atoms with Crippen LogP contribution >= 0.6 is 0 Å². The Morgan fingerprint density at radius 2 is 2.00 bits per heavy atom. The maximum Gasteiger partial charge on any atom is 0.272 e. The number of likely N-dealkylation sites (N-methyl/N-ethyl adjacent to an activating group) is 1. The molecular weight excluding hydrogens is 318 g/mol. The molecule has 1 aliphatic rings. The summed E-state index contributed by atoms with van der Waals surface area (Å²) in [5.74, 6) is 1.29. The van der Waals surface area contributed by atoms with Crippen molar-refractivity contribution in [2.24, 2.45) is 0 Å². The molecule has 7 heteroatoms. The number of rotatable bonds is 5. The lowest BCUT2D eigenvalue weighted by atomic mass is 10.2. The summed E-state index contributed by atoms with van der Waals surface area (Å²) >= 11 is 0. The summed E-state index contributed by atoms with van der Waals surface area (Å²) in [4.78, 5) is 25.2. The molecule has 0 unspecified atom stereocenters. The van der Waals surface area contributed by atoms with Gasteiger partial charge in [-0.25, -0.2) is 9.97 Å². The fourth-order valence-corrected chi connectivity index (χ4v) is 2.82. The molecular formula is C18H23N5O2. The first kappa shape index (κ1) is 17.2. The van der Waals surface area contributed by atoms with Crippen LogP contribution in [0, 0.1) is 0 Å². The largest absolute Gasteiger partial charge is 0.497 e. The highest BCUT2D eigenvalue weighted by molar-refractivity contribution is 5.93. The number of amides is 1. The molecule has 1 aromatic carbocycles. The van der Waals surface area contributed by atoms with Crippen LogP contribution in [0.1, 0.15) is 17.4 Å². The van der Waals surface area contributed by atoms with Gasteiger partial charge in [-0.2, -0.15) is 0 Å². The number of aromatic nitrogens is 2. The third-order valence-electron chi connectivity index (χ3n) is 4.34. The fourth-order valence-electron chi connectivity index (χ4n) is 2.82. The Morgan fingerprint density at radius 1 is 1.20 bits per heavy atom. The molecule has 7 nitrogen and oxygen atoms in total. The highest BCUT2D eigenvalue weighted by atomic mass is 16.5. The van der Waals surface area contributed by atoms with E-state index in [9.17, 15) is 4.79 Å². The lowest BCUT2D eigenvalue weighted by molar-refractivity contribution is 0.0637. The molecule has 1 aliphatic heterocycles. The highest BCUT2D eigenvalue weighted by Crippen LogP contribution is 2.20. The van der Waals surface area contributed by atoms with Gasteiger partial charge in [0.25, 0.3) is 5.91 Å². The quantitative estimate of drug-likeness (QED) is 0.897. The second-order valence-electron chi connectivity index (χ2n) is 5.87. The lowest BCUT2D eigenvalue weighted by Gasteiger charge is -2.33. The summed E-state index contributed by atoms with van der Waals surface area (Å²) in [6, 6.07) is 9.23. The molecule has 0 aliphatic carbocycles. The molecule has 25 heavy (non-hydrogen) atoms. The summed E-state index contributed by atoms with van der Waals surface area (Å²) in [5, 5.41) is 3.18. The van der Waals surface area contributed by atoms with E-state index in [1.807, 2.05) is 29.2 Å². The predicted molar refractivity (Wildman–Crippen MR) is 96.3 cm³/mol. The predicted octanol–water partition coefficient (Wildman–Crippen LogP) is 2.01.